The Morgan fingerprint density at radius 3 is 2.79 bits per heavy atom. The number of H-pyrrole nitrogens is 1. The van der Waals surface area contributed by atoms with Crippen LogP contribution in [0.3, 0.4) is 0 Å². The molecule has 130 valence electrons. The molecule has 0 saturated heterocycles. The van der Waals surface area contributed by atoms with Gasteiger partial charge in [0.25, 0.3) is 5.56 Å². The van der Waals surface area contributed by atoms with Crippen LogP contribution in [-0.2, 0) is 9.53 Å². The van der Waals surface area contributed by atoms with Crippen LogP contribution in [0.15, 0.2) is 4.79 Å². The molecule has 0 amide bonds. The smallest absolute Gasteiger partial charge is 0.306 e. The van der Waals surface area contributed by atoms with Crippen LogP contribution in [-0.4, -0.2) is 15.9 Å². The monoisotopic (exact) mass is 348 g/mol. The van der Waals surface area contributed by atoms with Crippen molar-refractivity contribution in [2.75, 3.05) is 0 Å². The molecule has 0 aliphatic heterocycles. The highest BCUT2D eigenvalue weighted by molar-refractivity contribution is 7.18. The zero-order valence-corrected chi connectivity index (χ0v) is 15.3. The standard InChI is InChI=1S/C18H24N2O3S/c1-10-12(3)24-18-15(10)17(22)19-16(20-18)11(2)23-14(21)9-8-13-6-4-5-7-13/h11,13H,4-9H2,1-3H3,(H,19,20,22). The van der Waals surface area contributed by atoms with Crippen molar-refractivity contribution in [2.24, 2.45) is 5.92 Å². The van der Waals surface area contributed by atoms with Gasteiger partial charge in [-0.3, -0.25) is 9.59 Å². The van der Waals surface area contributed by atoms with Crippen LogP contribution in [0.1, 0.15) is 67.8 Å². The van der Waals surface area contributed by atoms with Crippen LogP contribution in [0.5, 0.6) is 0 Å². The second kappa shape index (κ2) is 7.05. The molecule has 1 unspecified atom stereocenters. The van der Waals surface area contributed by atoms with Gasteiger partial charge in [0.15, 0.2) is 11.9 Å². The zero-order valence-electron chi connectivity index (χ0n) is 14.5. The van der Waals surface area contributed by atoms with E-state index in [1.165, 1.54) is 37.0 Å². The lowest BCUT2D eigenvalue weighted by atomic mass is 10.0. The topological polar surface area (TPSA) is 72.0 Å². The lowest BCUT2D eigenvalue weighted by molar-refractivity contribution is -0.149. The first-order valence-corrected chi connectivity index (χ1v) is 9.46. The number of hydrogen-bond donors (Lipinski definition) is 1. The number of aromatic amines is 1. The van der Waals surface area contributed by atoms with Crippen molar-refractivity contribution in [1.82, 2.24) is 9.97 Å². The first-order valence-electron chi connectivity index (χ1n) is 8.65. The molecule has 2 heterocycles. The minimum absolute atomic E-state index is 0.161. The number of ether oxygens (including phenoxy) is 1. The molecule has 2 aromatic heterocycles. The zero-order chi connectivity index (χ0) is 17.3. The third kappa shape index (κ3) is 3.53. The first-order chi connectivity index (χ1) is 11.5. The maximum absolute atomic E-state index is 12.3. The maximum atomic E-state index is 12.3. The van der Waals surface area contributed by atoms with E-state index in [0.717, 1.165) is 16.9 Å². The van der Waals surface area contributed by atoms with Gasteiger partial charge < -0.3 is 9.72 Å². The quantitative estimate of drug-likeness (QED) is 0.823. The second-order valence-electron chi connectivity index (χ2n) is 6.74. The highest BCUT2D eigenvalue weighted by Gasteiger charge is 2.20. The molecule has 1 aliphatic carbocycles. The lowest BCUT2D eigenvalue weighted by Gasteiger charge is -2.13. The van der Waals surface area contributed by atoms with Gasteiger partial charge >= 0.3 is 5.97 Å². The van der Waals surface area contributed by atoms with Crippen LogP contribution < -0.4 is 5.56 Å². The predicted octanol–water partition coefficient (Wildman–Crippen LogP) is 4.18. The Kier molecular flexibility index (Phi) is 5.04. The Labute approximate surface area is 145 Å². The number of nitrogens with zero attached hydrogens (tertiary/aromatic N) is 1. The Bertz CT molecular complexity index is 802. The van der Waals surface area contributed by atoms with Crippen molar-refractivity contribution in [3.8, 4) is 0 Å². The summed E-state index contributed by atoms with van der Waals surface area (Å²) < 4.78 is 5.47. The number of esters is 1. The van der Waals surface area contributed by atoms with Gasteiger partial charge in [-0.05, 0) is 38.7 Å². The van der Waals surface area contributed by atoms with Gasteiger partial charge in [0.1, 0.15) is 4.83 Å². The fourth-order valence-corrected chi connectivity index (χ4v) is 4.43. The summed E-state index contributed by atoms with van der Waals surface area (Å²) >= 11 is 1.50. The molecule has 1 aliphatic rings. The SMILES string of the molecule is Cc1sc2nc(C(C)OC(=O)CCC3CCCC3)[nH]c(=O)c2c1C. The fraction of sp³-hybridized carbons (Fsp3) is 0.611. The molecule has 5 nitrogen and oxygen atoms in total. The molecular weight excluding hydrogens is 324 g/mol. The minimum Gasteiger partial charge on any atom is -0.454 e. The van der Waals surface area contributed by atoms with E-state index in [2.05, 4.69) is 9.97 Å². The summed E-state index contributed by atoms with van der Waals surface area (Å²) in [6.07, 6.45) is 5.82. The Morgan fingerprint density at radius 2 is 2.08 bits per heavy atom. The van der Waals surface area contributed by atoms with Crippen LogP contribution >= 0.6 is 11.3 Å². The molecule has 0 bridgehead atoms. The number of aryl methyl sites for hydroxylation is 2. The molecule has 2 aromatic rings. The van der Waals surface area contributed by atoms with Crippen molar-refractivity contribution in [2.45, 2.75) is 65.4 Å². The summed E-state index contributed by atoms with van der Waals surface area (Å²) in [6.45, 7) is 5.66. The number of rotatable bonds is 5. The van der Waals surface area contributed by atoms with E-state index in [1.54, 1.807) is 6.92 Å². The van der Waals surface area contributed by atoms with E-state index >= 15 is 0 Å². The minimum atomic E-state index is -0.541. The molecule has 1 fully saturated rings. The van der Waals surface area contributed by atoms with E-state index in [9.17, 15) is 9.59 Å². The molecule has 1 N–H and O–H groups in total. The van der Waals surface area contributed by atoms with Crippen molar-refractivity contribution >= 4 is 27.5 Å². The summed E-state index contributed by atoms with van der Waals surface area (Å²) in [5.41, 5.74) is 0.808. The van der Waals surface area contributed by atoms with Crippen molar-refractivity contribution in [1.29, 1.82) is 0 Å². The van der Waals surface area contributed by atoms with E-state index in [-0.39, 0.29) is 11.5 Å². The predicted molar refractivity (Wildman–Crippen MR) is 95.4 cm³/mol. The summed E-state index contributed by atoms with van der Waals surface area (Å²) in [5.74, 6) is 0.873. The number of carbonyl (C=O) groups is 1. The van der Waals surface area contributed by atoms with Crippen molar-refractivity contribution < 1.29 is 9.53 Å². The van der Waals surface area contributed by atoms with E-state index in [4.69, 9.17) is 4.74 Å². The number of nitrogens with one attached hydrogen (secondary N) is 1. The number of aromatic nitrogens is 2. The van der Waals surface area contributed by atoms with Gasteiger partial charge in [-0.15, -0.1) is 11.3 Å². The lowest BCUT2D eigenvalue weighted by Crippen LogP contribution is -2.17. The van der Waals surface area contributed by atoms with E-state index in [1.807, 2.05) is 13.8 Å². The average molecular weight is 348 g/mol. The van der Waals surface area contributed by atoms with Gasteiger partial charge in [-0.2, -0.15) is 0 Å². The number of fused-ring (bicyclic) bond motifs is 1. The molecule has 3 rings (SSSR count). The Morgan fingerprint density at radius 1 is 1.38 bits per heavy atom. The summed E-state index contributed by atoms with van der Waals surface area (Å²) in [7, 11) is 0. The van der Waals surface area contributed by atoms with Crippen LogP contribution in [0.25, 0.3) is 10.2 Å². The molecule has 1 saturated carbocycles. The van der Waals surface area contributed by atoms with Crippen LogP contribution in [0.2, 0.25) is 0 Å². The van der Waals surface area contributed by atoms with Crippen LogP contribution in [0, 0.1) is 19.8 Å². The third-order valence-electron chi connectivity index (χ3n) is 4.98. The number of carbonyl (C=O) groups excluding carboxylic acids is 1. The number of thiophene rings is 1. The highest BCUT2D eigenvalue weighted by Crippen LogP contribution is 2.29. The van der Waals surface area contributed by atoms with Gasteiger partial charge in [0, 0.05) is 11.3 Å². The summed E-state index contributed by atoms with van der Waals surface area (Å²) in [4.78, 5) is 33.4. The van der Waals surface area contributed by atoms with Crippen LogP contribution in [0.4, 0.5) is 0 Å². The highest BCUT2D eigenvalue weighted by atomic mass is 32.1. The molecular formula is C18H24N2O3S. The van der Waals surface area contributed by atoms with E-state index in [0.29, 0.717) is 28.4 Å². The van der Waals surface area contributed by atoms with Crippen molar-refractivity contribution in [3.63, 3.8) is 0 Å². The van der Waals surface area contributed by atoms with Gasteiger partial charge in [-0.25, -0.2) is 4.98 Å². The van der Waals surface area contributed by atoms with Gasteiger partial charge in [0.05, 0.1) is 5.39 Å². The maximum Gasteiger partial charge on any atom is 0.306 e. The average Bonchev–Trinajstić information content (AvgIpc) is 3.14. The third-order valence-corrected chi connectivity index (χ3v) is 6.08. The summed E-state index contributed by atoms with van der Waals surface area (Å²) in [5, 5.41) is 0.640. The molecule has 6 heteroatoms. The molecule has 0 radical (unpaired) electrons. The first kappa shape index (κ1) is 17.1. The van der Waals surface area contributed by atoms with E-state index < -0.39 is 6.10 Å². The Hall–Kier alpha value is -1.69. The van der Waals surface area contributed by atoms with Gasteiger partial charge in [-0.1, -0.05) is 25.7 Å². The number of hydrogen-bond acceptors (Lipinski definition) is 5. The summed E-state index contributed by atoms with van der Waals surface area (Å²) in [6, 6.07) is 0. The largest absolute Gasteiger partial charge is 0.454 e. The van der Waals surface area contributed by atoms with Crippen molar-refractivity contribution in [3.05, 3.63) is 26.6 Å². The Balaban J connectivity index is 1.68. The molecule has 0 aromatic carbocycles. The van der Waals surface area contributed by atoms with Gasteiger partial charge in [0.2, 0.25) is 0 Å². The second-order valence-corrected chi connectivity index (χ2v) is 7.94. The molecule has 0 spiro atoms. The fourth-order valence-electron chi connectivity index (χ4n) is 3.40. The molecule has 24 heavy (non-hydrogen) atoms. The molecule has 1 atom stereocenters. The normalized spacial score (nSPS) is 16.6.